The molecule has 0 atom stereocenters. The highest BCUT2D eigenvalue weighted by molar-refractivity contribution is 9.13. The molecule has 0 spiro atoms. The molecule has 22 heavy (non-hydrogen) atoms. The molecule has 6 nitrogen and oxygen atoms in total. The molecular formula is C14H9Br2N5O. The van der Waals surface area contributed by atoms with Crippen molar-refractivity contribution in [2.75, 3.05) is 5.43 Å². The lowest BCUT2D eigenvalue weighted by Crippen LogP contribution is -1.99. The van der Waals surface area contributed by atoms with E-state index in [1.807, 2.05) is 30.3 Å². The van der Waals surface area contributed by atoms with E-state index in [2.05, 4.69) is 57.6 Å². The fourth-order valence-electron chi connectivity index (χ4n) is 1.68. The van der Waals surface area contributed by atoms with Gasteiger partial charge in [0.15, 0.2) is 4.67 Å². The second kappa shape index (κ2) is 6.80. The van der Waals surface area contributed by atoms with E-state index in [1.54, 1.807) is 12.3 Å². The molecule has 3 rings (SSSR count). The van der Waals surface area contributed by atoms with Crippen molar-refractivity contribution in [3.63, 3.8) is 0 Å². The standard InChI is InChI=1S/C14H9Br2N5O/c15-11-6-10(22-13(11)16)7-17-20-14-19-12(8-18-21-14)9-4-2-1-3-5-9/h1-8H,(H,19,20,21)/b17-7+. The van der Waals surface area contributed by atoms with Crippen LogP contribution in [0.25, 0.3) is 11.3 Å². The van der Waals surface area contributed by atoms with Crippen LogP contribution in [0.4, 0.5) is 5.95 Å². The van der Waals surface area contributed by atoms with Gasteiger partial charge in [0.1, 0.15) is 5.76 Å². The molecular weight excluding hydrogens is 414 g/mol. The van der Waals surface area contributed by atoms with Crippen molar-refractivity contribution in [1.29, 1.82) is 0 Å². The Bertz CT molecular complexity index is 785. The molecule has 0 amide bonds. The van der Waals surface area contributed by atoms with E-state index in [-0.39, 0.29) is 0 Å². The van der Waals surface area contributed by atoms with Crippen LogP contribution < -0.4 is 5.43 Å². The zero-order valence-corrected chi connectivity index (χ0v) is 14.2. The highest BCUT2D eigenvalue weighted by Crippen LogP contribution is 2.25. The molecule has 0 aliphatic carbocycles. The van der Waals surface area contributed by atoms with Gasteiger partial charge in [-0.2, -0.15) is 10.2 Å². The largest absolute Gasteiger partial charge is 0.447 e. The van der Waals surface area contributed by atoms with Gasteiger partial charge in [-0.1, -0.05) is 30.3 Å². The van der Waals surface area contributed by atoms with Gasteiger partial charge >= 0.3 is 0 Å². The minimum absolute atomic E-state index is 0.308. The number of furan rings is 1. The van der Waals surface area contributed by atoms with Gasteiger partial charge in [0.2, 0.25) is 0 Å². The summed E-state index contributed by atoms with van der Waals surface area (Å²) in [4.78, 5) is 4.35. The van der Waals surface area contributed by atoms with Crippen molar-refractivity contribution < 1.29 is 4.42 Å². The second-order valence-electron chi connectivity index (χ2n) is 4.17. The summed E-state index contributed by atoms with van der Waals surface area (Å²) in [6, 6.07) is 11.5. The topological polar surface area (TPSA) is 76.2 Å². The predicted octanol–water partition coefficient (Wildman–Crippen LogP) is 4.10. The minimum Gasteiger partial charge on any atom is -0.447 e. The fourth-order valence-corrected chi connectivity index (χ4v) is 2.29. The maximum absolute atomic E-state index is 5.37. The molecule has 2 aromatic heterocycles. The van der Waals surface area contributed by atoms with E-state index >= 15 is 0 Å². The van der Waals surface area contributed by atoms with Crippen molar-refractivity contribution >= 4 is 44.0 Å². The van der Waals surface area contributed by atoms with Crippen molar-refractivity contribution in [3.8, 4) is 11.3 Å². The fraction of sp³-hybridized carbons (Fsp3) is 0. The zero-order valence-electron chi connectivity index (χ0n) is 11.1. The summed E-state index contributed by atoms with van der Waals surface area (Å²) in [5.41, 5.74) is 4.41. The number of anilines is 1. The number of hydrogen-bond acceptors (Lipinski definition) is 6. The molecule has 0 radical (unpaired) electrons. The summed E-state index contributed by atoms with van der Waals surface area (Å²) >= 11 is 6.59. The van der Waals surface area contributed by atoms with Gasteiger partial charge < -0.3 is 4.42 Å². The molecule has 1 N–H and O–H groups in total. The van der Waals surface area contributed by atoms with Crippen LogP contribution in [0, 0.1) is 0 Å². The number of benzene rings is 1. The number of hydrazone groups is 1. The van der Waals surface area contributed by atoms with Gasteiger partial charge in [0, 0.05) is 11.6 Å². The average molecular weight is 423 g/mol. The monoisotopic (exact) mass is 421 g/mol. The first-order chi connectivity index (χ1) is 10.7. The number of halogens is 2. The lowest BCUT2D eigenvalue weighted by atomic mass is 10.2. The first-order valence-electron chi connectivity index (χ1n) is 6.21. The van der Waals surface area contributed by atoms with Crippen molar-refractivity contribution in [2.45, 2.75) is 0 Å². The van der Waals surface area contributed by atoms with Crippen LogP contribution in [0.5, 0.6) is 0 Å². The van der Waals surface area contributed by atoms with E-state index in [0.29, 0.717) is 16.4 Å². The summed E-state index contributed by atoms with van der Waals surface area (Å²) in [5, 5.41) is 11.8. The number of rotatable bonds is 4. The highest BCUT2D eigenvalue weighted by atomic mass is 79.9. The predicted molar refractivity (Wildman–Crippen MR) is 90.6 cm³/mol. The molecule has 0 fully saturated rings. The number of nitrogens with one attached hydrogen (secondary N) is 1. The summed E-state index contributed by atoms with van der Waals surface area (Å²) in [6.07, 6.45) is 3.12. The highest BCUT2D eigenvalue weighted by Gasteiger charge is 2.04. The Morgan fingerprint density at radius 1 is 1.18 bits per heavy atom. The molecule has 8 heteroatoms. The van der Waals surface area contributed by atoms with E-state index in [0.717, 1.165) is 15.7 Å². The van der Waals surface area contributed by atoms with E-state index in [4.69, 9.17) is 4.42 Å². The molecule has 0 saturated carbocycles. The van der Waals surface area contributed by atoms with Gasteiger partial charge in [-0.25, -0.2) is 10.4 Å². The first-order valence-corrected chi connectivity index (χ1v) is 7.80. The lowest BCUT2D eigenvalue weighted by molar-refractivity contribution is 0.533. The van der Waals surface area contributed by atoms with Crippen LogP contribution in [0.2, 0.25) is 0 Å². The molecule has 0 bridgehead atoms. The summed E-state index contributed by atoms with van der Waals surface area (Å²) in [5.74, 6) is 0.890. The van der Waals surface area contributed by atoms with Crippen LogP contribution >= 0.6 is 31.9 Å². The average Bonchev–Trinajstić information content (AvgIpc) is 2.87. The Labute approximate surface area is 142 Å². The number of hydrogen-bond donors (Lipinski definition) is 1. The normalized spacial score (nSPS) is 11.0. The third kappa shape index (κ3) is 3.58. The molecule has 0 saturated heterocycles. The number of nitrogens with zero attached hydrogens (tertiary/aromatic N) is 4. The van der Waals surface area contributed by atoms with Crippen LogP contribution in [0.3, 0.4) is 0 Å². The quantitative estimate of drug-likeness (QED) is 0.505. The maximum atomic E-state index is 5.37. The van der Waals surface area contributed by atoms with Crippen LogP contribution in [0.15, 0.2) is 61.3 Å². The van der Waals surface area contributed by atoms with Gasteiger partial charge in [0.25, 0.3) is 5.95 Å². The van der Waals surface area contributed by atoms with Gasteiger partial charge in [-0.05, 0) is 31.9 Å². The molecule has 0 aliphatic heterocycles. The van der Waals surface area contributed by atoms with Gasteiger partial charge in [-0.15, -0.1) is 5.10 Å². The Morgan fingerprint density at radius 3 is 2.73 bits per heavy atom. The van der Waals surface area contributed by atoms with Crippen LogP contribution in [-0.4, -0.2) is 21.4 Å². The molecule has 1 aromatic carbocycles. The molecule has 0 unspecified atom stereocenters. The second-order valence-corrected chi connectivity index (χ2v) is 5.75. The van der Waals surface area contributed by atoms with E-state index in [1.165, 1.54) is 6.21 Å². The Balaban J connectivity index is 1.73. The third-order valence-electron chi connectivity index (χ3n) is 2.65. The zero-order chi connectivity index (χ0) is 15.4. The van der Waals surface area contributed by atoms with Gasteiger partial charge in [-0.3, -0.25) is 0 Å². The van der Waals surface area contributed by atoms with Crippen molar-refractivity contribution in [2.24, 2.45) is 5.10 Å². The summed E-state index contributed by atoms with van der Waals surface area (Å²) in [7, 11) is 0. The smallest absolute Gasteiger partial charge is 0.263 e. The summed E-state index contributed by atoms with van der Waals surface area (Å²) in [6.45, 7) is 0. The van der Waals surface area contributed by atoms with E-state index in [9.17, 15) is 0 Å². The summed E-state index contributed by atoms with van der Waals surface area (Å²) < 4.78 is 6.80. The third-order valence-corrected chi connectivity index (χ3v) is 4.36. The Hall–Kier alpha value is -2.06. The molecule has 0 aliphatic rings. The van der Waals surface area contributed by atoms with E-state index < -0.39 is 0 Å². The lowest BCUT2D eigenvalue weighted by Gasteiger charge is -2.01. The van der Waals surface area contributed by atoms with Crippen molar-refractivity contribution in [3.05, 3.63) is 57.5 Å². The first kappa shape index (κ1) is 14.9. The molecule has 3 aromatic rings. The SMILES string of the molecule is Brc1cc(/C=N/Nc2nncc(-c3ccccc3)n2)oc1Br. The van der Waals surface area contributed by atoms with Crippen LogP contribution in [-0.2, 0) is 0 Å². The number of aromatic nitrogens is 3. The minimum atomic E-state index is 0.308. The molecule has 2 heterocycles. The van der Waals surface area contributed by atoms with Gasteiger partial charge in [0.05, 0.1) is 22.6 Å². The Morgan fingerprint density at radius 2 is 2.00 bits per heavy atom. The maximum Gasteiger partial charge on any atom is 0.263 e. The Kier molecular flexibility index (Phi) is 4.59. The molecule has 110 valence electrons. The van der Waals surface area contributed by atoms with Crippen LogP contribution in [0.1, 0.15) is 5.76 Å². The van der Waals surface area contributed by atoms with Crippen molar-refractivity contribution in [1.82, 2.24) is 15.2 Å².